The minimum Gasteiger partial charge on any atom is -0.357 e. The summed E-state index contributed by atoms with van der Waals surface area (Å²) < 4.78 is 2.06. The molecule has 1 saturated heterocycles. The van der Waals surface area contributed by atoms with Gasteiger partial charge in [0.1, 0.15) is 0 Å². The van der Waals surface area contributed by atoms with Crippen molar-refractivity contribution in [3.8, 4) is 0 Å². The van der Waals surface area contributed by atoms with Gasteiger partial charge in [-0.05, 0) is 41.9 Å². The number of guanidine groups is 1. The van der Waals surface area contributed by atoms with Gasteiger partial charge in [-0.2, -0.15) is 11.8 Å². The fourth-order valence-electron chi connectivity index (χ4n) is 2.26. The molecule has 1 aromatic heterocycles. The van der Waals surface area contributed by atoms with Gasteiger partial charge in [-0.15, -0.1) is 0 Å². The maximum Gasteiger partial charge on any atom is 0.191 e. The maximum absolute atomic E-state index is 4.28. The van der Waals surface area contributed by atoms with E-state index in [-0.39, 0.29) is 0 Å². The summed E-state index contributed by atoms with van der Waals surface area (Å²) in [6, 6.07) is 2.12. The van der Waals surface area contributed by atoms with Crippen molar-refractivity contribution in [3.63, 3.8) is 0 Å². The third-order valence-electron chi connectivity index (χ3n) is 3.48. The average molecular weight is 280 g/mol. The molecule has 0 unspecified atom stereocenters. The number of thioether (sulfide) groups is 1. The second-order valence-corrected chi connectivity index (χ2v) is 6.27. The Morgan fingerprint density at radius 2 is 2.21 bits per heavy atom. The first-order valence-electron chi connectivity index (χ1n) is 6.91. The largest absolute Gasteiger partial charge is 0.357 e. The molecular formula is C14H24N4S. The van der Waals surface area contributed by atoms with Crippen molar-refractivity contribution in [3.05, 3.63) is 24.0 Å². The van der Waals surface area contributed by atoms with E-state index in [0.717, 1.165) is 25.0 Å². The van der Waals surface area contributed by atoms with Crippen LogP contribution in [0, 0.1) is 5.92 Å². The molecule has 1 aliphatic rings. The fraction of sp³-hybridized carbons (Fsp3) is 0.643. The van der Waals surface area contributed by atoms with Crippen LogP contribution < -0.4 is 10.6 Å². The zero-order valence-electron chi connectivity index (χ0n) is 11.9. The molecule has 0 aliphatic carbocycles. The van der Waals surface area contributed by atoms with Crippen LogP contribution >= 0.6 is 11.8 Å². The number of aliphatic imine (C=N–C) groups is 1. The van der Waals surface area contributed by atoms with Crippen LogP contribution in [0.3, 0.4) is 0 Å². The Morgan fingerprint density at radius 3 is 2.84 bits per heavy atom. The lowest BCUT2D eigenvalue weighted by molar-refractivity contribution is 0.479. The van der Waals surface area contributed by atoms with E-state index in [1.165, 1.54) is 29.9 Å². The maximum atomic E-state index is 4.28. The molecule has 0 radical (unpaired) electrons. The monoisotopic (exact) mass is 280 g/mol. The van der Waals surface area contributed by atoms with Crippen molar-refractivity contribution in [1.29, 1.82) is 0 Å². The summed E-state index contributed by atoms with van der Waals surface area (Å²) >= 11 is 2.07. The summed E-state index contributed by atoms with van der Waals surface area (Å²) in [4.78, 5) is 4.28. The van der Waals surface area contributed by atoms with E-state index < -0.39 is 0 Å². The van der Waals surface area contributed by atoms with Crippen LogP contribution in [-0.2, 0) is 13.6 Å². The lowest BCUT2D eigenvalue weighted by atomic mass is 10.0. The molecule has 0 aromatic carbocycles. The molecule has 0 atom stereocenters. The fourth-order valence-corrected chi connectivity index (χ4v) is 3.47. The summed E-state index contributed by atoms with van der Waals surface area (Å²) in [5.74, 6) is 4.32. The average Bonchev–Trinajstić information content (AvgIpc) is 2.86. The quantitative estimate of drug-likeness (QED) is 0.653. The number of hydrogen-bond acceptors (Lipinski definition) is 2. The molecule has 2 N–H and O–H groups in total. The Hall–Kier alpha value is -1.10. The van der Waals surface area contributed by atoms with E-state index >= 15 is 0 Å². The lowest BCUT2D eigenvalue weighted by Crippen LogP contribution is -2.39. The molecule has 0 amide bonds. The van der Waals surface area contributed by atoms with Gasteiger partial charge in [0.15, 0.2) is 5.96 Å². The highest BCUT2D eigenvalue weighted by atomic mass is 32.2. The first kappa shape index (κ1) is 14.3. The molecule has 19 heavy (non-hydrogen) atoms. The second-order valence-electron chi connectivity index (χ2n) is 5.05. The molecule has 1 fully saturated rings. The topological polar surface area (TPSA) is 41.4 Å². The molecule has 106 valence electrons. The van der Waals surface area contributed by atoms with Gasteiger partial charge in [0.2, 0.25) is 0 Å². The van der Waals surface area contributed by atoms with Gasteiger partial charge in [0, 0.05) is 39.6 Å². The summed E-state index contributed by atoms with van der Waals surface area (Å²) in [7, 11) is 3.87. The Kier molecular flexibility index (Phi) is 5.63. The number of nitrogens with one attached hydrogen (secondary N) is 2. The third kappa shape index (κ3) is 4.82. The van der Waals surface area contributed by atoms with Crippen molar-refractivity contribution in [2.45, 2.75) is 19.4 Å². The molecule has 2 heterocycles. The predicted octanol–water partition coefficient (Wildman–Crippen LogP) is 1.83. The van der Waals surface area contributed by atoms with Crippen LogP contribution in [0.25, 0.3) is 0 Å². The summed E-state index contributed by atoms with van der Waals surface area (Å²) in [6.07, 6.45) is 6.84. The number of rotatable bonds is 4. The molecular weight excluding hydrogens is 256 g/mol. The van der Waals surface area contributed by atoms with Crippen LogP contribution in [0.2, 0.25) is 0 Å². The zero-order chi connectivity index (χ0) is 13.5. The molecule has 0 spiro atoms. The van der Waals surface area contributed by atoms with Crippen molar-refractivity contribution < 1.29 is 0 Å². The normalized spacial score (nSPS) is 17.5. The molecule has 1 aliphatic heterocycles. The molecule has 4 nitrogen and oxygen atoms in total. The number of aromatic nitrogens is 1. The highest BCUT2D eigenvalue weighted by molar-refractivity contribution is 7.99. The number of nitrogens with zero attached hydrogens (tertiary/aromatic N) is 2. The van der Waals surface area contributed by atoms with E-state index in [1.807, 2.05) is 14.1 Å². The number of aryl methyl sites for hydroxylation is 1. The summed E-state index contributed by atoms with van der Waals surface area (Å²) in [6.45, 7) is 1.86. The second kappa shape index (κ2) is 7.48. The Bertz CT molecular complexity index is 407. The Morgan fingerprint density at radius 1 is 1.42 bits per heavy atom. The van der Waals surface area contributed by atoms with E-state index in [4.69, 9.17) is 0 Å². The van der Waals surface area contributed by atoms with Gasteiger partial charge in [-0.25, -0.2) is 0 Å². The SMILES string of the molecule is CN=C(NCc1ccn(C)c1)NCC1CCSCC1. The van der Waals surface area contributed by atoms with Gasteiger partial charge in [-0.3, -0.25) is 4.99 Å². The van der Waals surface area contributed by atoms with E-state index in [1.54, 1.807) is 0 Å². The van der Waals surface area contributed by atoms with Gasteiger partial charge in [0.25, 0.3) is 0 Å². The Balaban J connectivity index is 1.71. The predicted molar refractivity (Wildman–Crippen MR) is 83.7 cm³/mol. The molecule has 0 bridgehead atoms. The summed E-state index contributed by atoms with van der Waals surface area (Å²) in [5, 5.41) is 6.80. The minimum atomic E-state index is 0.802. The molecule has 2 rings (SSSR count). The number of hydrogen-bond donors (Lipinski definition) is 2. The minimum absolute atomic E-state index is 0.802. The van der Waals surface area contributed by atoms with Crippen molar-refractivity contribution in [1.82, 2.24) is 15.2 Å². The molecule has 5 heteroatoms. The molecule has 1 aromatic rings. The van der Waals surface area contributed by atoms with Crippen molar-refractivity contribution >= 4 is 17.7 Å². The van der Waals surface area contributed by atoms with E-state index in [2.05, 4.69) is 50.4 Å². The smallest absolute Gasteiger partial charge is 0.191 e. The molecule has 0 saturated carbocycles. The van der Waals surface area contributed by atoms with Crippen LogP contribution in [0.15, 0.2) is 23.5 Å². The van der Waals surface area contributed by atoms with Gasteiger partial charge in [0.05, 0.1) is 0 Å². The van der Waals surface area contributed by atoms with Crippen LogP contribution in [-0.4, -0.2) is 35.6 Å². The van der Waals surface area contributed by atoms with E-state index in [0.29, 0.717) is 0 Å². The highest BCUT2D eigenvalue weighted by Gasteiger charge is 2.13. The highest BCUT2D eigenvalue weighted by Crippen LogP contribution is 2.21. The zero-order valence-corrected chi connectivity index (χ0v) is 12.7. The Labute approximate surface area is 120 Å². The van der Waals surface area contributed by atoms with Crippen molar-refractivity contribution in [2.24, 2.45) is 18.0 Å². The summed E-state index contributed by atoms with van der Waals surface area (Å²) in [5.41, 5.74) is 1.28. The van der Waals surface area contributed by atoms with Crippen LogP contribution in [0.4, 0.5) is 0 Å². The van der Waals surface area contributed by atoms with Crippen molar-refractivity contribution in [2.75, 3.05) is 25.1 Å². The van der Waals surface area contributed by atoms with Gasteiger partial charge < -0.3 is 15.2 Å². The van der Waals surface area contributed by atoms with E-state index in [9.17, 15) is 0 Å². The van der Waals surface area contributed by atoms with Crippen LogP contribution in [0.1, 0.15) is 18.4 Å². The van der Waals surface area contributed by atoms with Gasteiger partial charge >= 0.3 is 0 Å². The van der Waals surface area contributed by atoms with Gasteiger partial charge in [-0.1, -0.05) is 0 Å². The third-order valence-corrected chi connectivity index (χ3v) is 4.52. The first-order valence-corrected chi connectivity index (χ1v) is 8.06. The lowest BCUT2D eigenvalue weighted by Gasteiger charge is -2.22. The van der Waals surface area contributed by atoms with Crippen LogP contribution in [0.5, 0.6) is 0 Å². The standard InChI is InChI=1S/C14H24N4S/c1-15-14(16-9-12-4-7-19-8-5-12)17-10-13-3-6-18(2)11-13/h3,6,11-12H,4-5,7-10H2,1-2H3,(H2,15,16,17). The first-order chi connectivity index (χ1) is 9.28.